The Morgan fingerprint density at radius 2 is 1.68 bits per heavy atom. The summed E-state index contributed by atoms with van der Waals surface area (Å²) in [6.45, 7) is 10.8. The van der Waals surface area contributed by atoms with Gasteiger partial charge in [0.25, 0.3) is 5.91 Å². The quantitative estimate of drug-likeness (QED) is 0.415. The zero-order valence-electron chi connectivity index (χ0n) is 20.7. The maximum atomic E-state index is 12.8. The average Bonchev–Trinajstić information content (AvgIpc) is 2.86. The van der Waals surface area contributed by atoms with Gasteiger partial charge in [-0.1, -0.05) is 25.1 Å². The molecule has 1 atom stereocenters. The largest absolute Gasteiger partial charge is 0.493 e. The summed E-state index contributed by atoms with van der Waals surface area (Å²) < 4.78 is 11.4. The molecule has 34 heavy (non-hydrogen) atoms. The van der Waals surface area contributed by atoms with Crippen molar-refractivity contribution in [3.8, 4) is 11.5 Å². The van der Waals surface area contributed by atoms with Crippen molar-refractivity contribution in [3.05, 3.63) is 89.2 Å². The van der Waals surface area contributed by atoms with Crippen LogP contribution in [0.3, 0.4) is 0 Å². The number of hydrogen-bond donors (Lipinski definition) is 1. The highest BCUT2D eigenvalue weighted by Crippen LogP contribution is 2.31. The summed E-state index contributed by atoms with van der Waals surface area (Å²) in [4.78, 5) is 19.2. The molecule has 6 nitrogen and oxygen atoms in total. The zero-order chi connectivity index (χ0) is 24.5. The van der Waals surface area contributed by atoms with Crippen LogP contribution in [-0.2, 0) is 13.2 Å². The van der Waals surface area contributed by atoms with Crippen LogP contribution in [0.15, 0.2) is 67.0 Å². The number of nitrogens with one attached hydrogen (secondary N) is 1. The van der Waals surface area contributed by atoms with Gasteiger partial charge in [-0.25, -0.2) is 0 Å². The minimum absolute atomic E-state index is 0.104. The molecule has 0 radical (unpaired) electrons. The van der Waals surface area contributed by atoms with Crippen molar-refractivity contribution in [2.45, 2.75) is 52.9 Å². The molecule has 0 aliphatic carbocycles. The van der Waals surface area contributed by atoms with E-state index in [9.17, 15) is 4.79 Å². The molecule has 3 aromatic rings. The first-order valence-corrected chi connectivity index (χ1v) is 11.7. The highest BCUT2D eigenvalue weighted by molar-refractivity contribution is 5.94. The predicted octanol–water partition coefficient (Wildman–Crippen LogP) is 5.39. The Balaban J connectivity index is 1.62. The van der Waals surface area contributed by atoms with E-state index >= 15 is 0 Å². The Morgan fingerprint density at radius 3 is 2.29 bits per heavy atom. The van der Waals surface area contributed by atoms with Gasteiger partial charge in [0.05, 0.1) is 13.2 Å². The summed E-state index contributed by atoms with van der Waals surface area (Å²) in [5.74, 6) is 1.18. The van der Waals surface area contributed by atoms with Crippen LogP contribution in [0.2, 0.25) is 0 Å². The molecule has 0 bridgehead atoms. The van der Waals surface area contributed by atoms with E-state index in [-0.39, 0.29) is 11.9 Å². The number of hydrogen-bond acceptors (Lipinski definition) is 5. The van der Waals surface area contributed by atoms with Crippen LogP contribution in [0.25, 0.3) is 0 Å². The second-order valence-corrected chi connectivity index (χ2v) is 8.60. The monoisotopic (exact) mass is 461 g/mol. The van der Waals surface area contributed by atoms with Crippen LogP contribution in [0.4, 0.5) is 0 Å². The Labute approximate surface area is 202 Å². The molecule has 0 spiro atoms. The molecule has 3 rings (SSSR count). The first kappa shape index (κ1) is 25.2. The number of nitrogens with zero attached hydrogens (tertiary/aromatic N) is 2. The molecule has 0 fully saturated rings. The maximum Gasteiger partial charge on any atom is 0.251 e. The standard InChI is InChI=1S/C28H35N3O3/c1-6-31(20(2)3)18-22-7-9-24(10-8-22)28(32)30-21(4)25-11-12-26(27(17-25)33-5)34-19-23-13-15-29-16-14-23/h7-17,20-21H,6,18-19H2,1-5H3,(H,30,32). The number of carbonyl (C=O) groups is 1. The van der Waals surface area contributed by atoms with Gasteiger partial charge in [-0.15, -0.1) is 0 Å². The number of aromatic nitrogens is 1. The van der Waals surface area contributed by atoms with Gasteiger partial charge in [0.15, 0.2) is 11.5 Å². The molecule has 180 valence electrons. The molecule has 1 aromatic heterocycles. The van der Waals surface area contributed by atoms with Crippen LogP contribution in [0.1, 0.15) is 60.8 Å². The Bertz CT molecular complexity index is 1050. The van der Waals surface area contributed by atoms with Crippen molar-refractivity contribution in [2.24, 2.45) is 0 Å². The van der Waals surface area contributed by atoms with Crippen LogP contribution in [-0.4, -0.2) is 35.5 Å². The van der Waals surface area contributed by atoms with E-state index in [2.05, 4.69) is 36.0 Å². The molecule has 0 saturated heterocycles. The molecule has 0 aliphatic heterocycles. The molecule has 6 heteroatoms. The van der Waals surface area contributed by atoms with Crippen molar-refractivity contribution >= 4 is 5.91 Å². The van der Waals surface area contributed by atoms with Crippen molar-refractivity contribution in [1.29, 1.82) is 0 Å². The lowest BCUT2D eigenvalue weighted by molar-refractivity contribution is 0.0939. The van der Waals surface area contributed by atoms with Gasteiger partial charge in [0.1, 0.15) is 6.61 Å². The Hall–Kier alpha value is -3.38. The van der Waals surface area contributed by atoms with Crippen molar-refractivity contribution in [2.75, 3.05) is 13.7 Å². The highest BCUT2D eigenvalue weighted by Gasteiger charge is 2.15. The van der Waals surface area contributed by atoms with Gasteiger partial charge in [-0.3, -0.25) is 14.7 Å². The van der Waals surface area contributed by atoms with E-state index in [0.717, 1.165) is 24.2 Å². The van der Waals surface area contributed by atoms with E-state index in [0.29, 0.717) is 29.7 Å². The molecular formula is C28H35N3O3. The smallest absolute Gasteiger partial charge is 0.251 e. The summed E-state index contributed by atoms with van der Waals surface area (Å²) >= 11 is 0. The number of benzene rings is 2. The molecule has 1 unspecified atom stereocenters. The van der Waals surface area contributed by atoms with Crippen molar-refractivity contribution < 1.29 is 14.3 Å². The predicted molar refractivity (Wildman–Crippen MR) is 135 cm³/mol. The van der Waals surface area contributed by atoms with Crippen LogP contribution >= 0.6 is 0 Å². The summed E-state index contributed by atoms with van der Waals surface area (Å²) in [5, 5.41) is 3.08. The zero-order valence-corrected chi connectivity index (χ0v) is 20.7. The molecule has 1 heterocycles. The number of amides is 1. The first-order chi connectivity index (χ1) is 16.4. The minimum Gasteiger partial charge on any atom is -0.493 e. The second kappa shape index (κ2) is 12.2. The van der Waals surface area contributed by atoms with E-state index in [4.69, 9.17) is 9.47 Å². The Kier molecular flexibility index (Phi) is 9.05. The third-order valence-corrected chi connectivity index (χ3v) is 5.92. The van der Waals surface area contributed by atoms with Gasteiger partial charge < -0.3 is 14.8 Å². The maximum absolute atomic E-state index is 12.8. The topological polar surface area (TPSA) is 63.7 Å². The number of ether oxygens (including phenoxy) is 2. The van der Waals surface area contributed by atoms with Gasteiger partial charge in [0.2, 0.25) is 0 Å². The molecule has 0 saturated carbocycles. The number of methoxy groups -OCH3 is 1. The lowest BCUT2D eigenvalue weighted by Crippen LogP contribution is -2.30. The summed E-state index contributed by atoms with van der Waals surface area (Å²) in [7, 11) is 1.61. The van der Waals surface area contributed by atoms with Crippen LogP contribution < -0.4 is 14.8 Å². The fourth-order valence-electron chi connectivity index (χ4n) is 3.73. The first-order valence-electron chi connectivity index (χ1n) is 11.7. The van der Waals surface area contributed by atoms with Gasteiger partial charge in [-0.2, -0.15) is 0 Å². The van der Waals surface area contributed by atoms with E-state index in [1.807, 2.05) is 61.5 Å². The van der Waals surface area contributed by atoms with E-state index in [1.165, 1.54) is 5.56 Å². The van der Waals surface area contributed by atoms with Gasteiger partial charge >= 0.3 is 0 Å². The third-order valence-electron chi connectivity index (χ3n) is 5.92. The normalized spacial score (nSPS) is 12.0. The highest BCUT2D eigenvalue weighted by atomic mass is 16.5. The Morgan fingerprint density at radius 1 is 0.971 bits per heavy atom. The average molecular weight is 462 g/mol. The van der Waals surface area contributed by atoms with Crippen LogP contribution in [0.5, 0.6) is 11.5 Å². The minimum atomic E-state index is -0.188. The fraction of sp³-hybridized carbons (Fsp3) is 0.357. The van der Waals surface area contributed by atoms with E-state index < -0.39 is 0 Å². The van der Waals surface area contributed by atoms with Crippen LogP contribution in [0, 0.1) is 0 Å². The molecule has 1 amide bonds. The number of carbonyl (C=O) groups excluding carboxylic acids is 1. The summed E-state index contributed by atoms with van der Waals surface area (Å²) in [6, 6.07) is 17.7. The van der Waals surface area contributed by atoms with Crippen molar-refractivity contribution in [3.63, 3.8) is 0 Å². The SMILES string of the molecule is CCN(Cc1ccc(C(=O)NC(C)c2ccc(OCc3ccncc3)c(OC)c2)cc1)C(C)C. The van der Waals surface area contributed by atoms with Gasteiger partial charge in [-0.05, 0) is 80.4 Å². The third kappa shape index (κ3) is 6.81. The molecule has 2 aromatic carbocycles. The van der Waals surface area contributed by atoms with Gasteiger partial charge in [0, 0.05) is 30.5 Å². The second-order valence-electron chi connectivity index (χ2n) is 8.60. The number of pyridine rings is 1. The van der Waals surface area contributed by atoms with Crippen molar-refractivity contribution in [1.82, 2.24) is 15.2 Å². The lowest BCUT2D eigenvalue weighted by atomic mass is 10.1. The lowest BCUT2D eigenvalue weighted by Gasteiger charge is -2.24. The summed E-state index contributed by atoms with van der Waals surface area (Å²) in [6.07, 6.45) is 3.48. The molecule has 0 aliphatic rings. The summed E-state index contributed by atoms with van der Waals surface area (Å²) in [5.41, 5.74) is 3.81. The molecule has 1 N–H and O–H groups in total. The fourth-order valence-corrected chi connectivity index (χ4v) is 3.73. The number of rotatable bonds is 11. The molecular weight excluding hydrogens is 426 g/mol. The van der Waals surface area contributed by atoms with E-state index in [1.54, 1.807) is 19.5 Å².